The quantitative estimate of drug-likeness (QED) is 0.785. The van der Waals surface area contributed by atoms with Gasteiger partial charge in [-0.1, -0.05) is 17.7 Å². The predicted octanol–water partition coefficient (Wildman–Crippen LogP) is 2.40. The molecule has 88 valence electrons. The molecule has 1 aromatic heterocycles. The minimum atomic E-state index is -3.63. The summed E-state index contributed by atoms with van der Waals surface area (Å²) in [5, 5.41) is 0. The fourth-order valence-electron chi connectivity index (χ4n) is 1.25. The number of sulfonamides is 1. The van der Waals surface area contributed by atoms with Crippen molar-refractivity contribution in [3.05, 3.63) is 54.0 Å². The van der Waals surface area contributed by atoms with Crippen LogP contribution in [0.1, 0.15) is 11.1 Å². The summed E-state index contributed by atoms with van der Waals surface area (Å²) >= 11 is 0. The Morgan fingerprint density at radius 2 is 1.88 bits per heavy atom. The number of hydrogen-bond acceptors (Lipinski definition) is 3. The highest BCUT2D eigenvalue weighted by molar-refractivity contribution is 7.90. The first-order chi connectivity index (χ1) is 8.08. The van der Waals surface area contributed by atoms with Crippen molar-refractivity contribution in [2.45, 2.75) is 11.8 Å². The van der Waals surface area contributed by atoms with Gasteiger partial charge in [-0.15, -0.1) is 0 Å². The van der Waals surface area contributed by atoms with E-state index in [0.717, 1.165) is 5.56 Å². The molecule has 1 aromatic carbocycles. The Morgan fingerprint density at radius 3 is 2.47 bits per heavy atom. The molecule has 0 N–H and O–H groups in total. The van der Waals surface area contributed by atoms with Gasteiger partial charge in [0.1, 0.15) is 0 Å². The molecule has 0 bridgehead atoms. The first-order valence-electron chi connectivity index (χ1n) is 4.97. The summed E-state index contributed by atoms with van der Waals surface area (Å²) < 4.78 is 32.0. The molecule has 0 unspecified atom stereocenters. The molecule has 5 heteroatoms. The standard InChI is InChI=1S/C12H11NO3S/c1-10-2-4-12(5-3-10)17(14,15)13-8-11-6-7-16-9-11/h2-9H,1H3/b13-8+. The molecule has 0 saturated heterocycles. The second-order valence-electron chi connectivity index (χ2n) is 3.58. The van der Waals surface area contributed by atoms with Crippen LogP contribution >= 0.6 is 0 Å². The van der Waals surface area contributed by atoms with E-state index in [0.29, 0.717) is 5.56 Å². The zero-order valence-corrected chi connectivity index (χ0v) is 10.0. The molecule has 4 nitrogen and oxygen atoms in total. The van der Waals surface area contributed by atoms with E-state index in [1.807, 2.05) is 6.92 Å². The maximum atomic E-state index is 11.8. The molecule has 17 heavy (non-hydrogen) atoms. The van der Waals surface area contributed by atoms with Crippen molar-refractivity contribution < 1.29 is 12.8 Å². The monoisotopic (exact) mass is 249 g/mol. The predicted molar refractivity (Wildman–Crippen MR) is 64.7 cm³/mol. The maximum Gasteiger partial charge on any atom is 0.282 e. The Hall–Kier alpha value is -1.88. The second kappa shape index (κ2) is 4.55. The minimum Gasteiger partial charge on any atom is -0.472 e. The zero-order valence-electron chi connectivity index (χ0n) is 9.20. The molecule has 2 rings (SSSR count). The third kappa shape index (κ3) is 2.82. The van der Waals surface area contributed by atoms with Gasteiger partial charge in [-0.25, -0.2) is 0 Å². The van der Waals surface area contributed by atoms with Gasteiger partial charge in [0.05, 0.1) is 23.6 Å². The van der Waals surface area contributed by atoms with E-state index in [4.69, 9.17) is 4.42 Å². The number of nitrogens with zero attached hydrogens (tertiary/aromatic N) is 1. The average Bonchev–Trinajstić information content (AvgIpc) is 2.80. The number of aryl methyl sites for hydroxylation is 1. The topological polar surface area (TPSA) is 59.6 Å². The Bertz CT molecular complexity index is 610. The van der Waals surface area contributed by atoms with Gasteiger partial charge in [0.2, 0.25) is 0 Å². The Balaban J connectivity index is 2.28. The lowest BCUT2D eigenvalue weighted by atomic mass is 10.2. The van der Waals surface area contributed by atoms with Crippen molar-refractivity contribution in [2.75, 3.05) is 0 Å². The molecular weight excluding hydrogens is 238 g/mol. The van der Waals surface area contributed by atoms with E-state index in [2.05, 4.69) is 4.40 Å². The van der Waals surface area contributed by atoms with E-state index >= 15 is 0 Å². The van der Waals surface area contributed by atoms with Gasteiger partial charge >= 0.3 is 0 Å². The minimum absolute atomic E-state index is 0.183. The molecule has 0 amide bonds. The molecule has 0 saturated carbocycles. The van der Waals surface area contributed by atoms with E-state index in [1.54, 1.807) is 18.2 Å². The van der Waals surface area contributed by atoms with Crippen LogP contribution in [0, 0.1) is 6.92 Å². The molecule has 0 aliphatic rings. The average molecular weight is 249 g/mol. The summed E-state index contributed by atoms with van der Waals surface area (Å²) in [5.74, 6) is 0. The second-order valence-corrected chi connectivity index (χ2v) is 5.21. The highest BCUT2D eigenvalue weighted by Crippen LogP contribution is 2.13. The van der Waals surface area contributed by atoms with Gasteiger partial charge in [0.25, 0.3) is 10.0 Å². The molecule has 1 heterocycles. The molecule has 0 spiro atoms. The molecular formula is C12H11NO3S. The van der Waals surface area contributed by atoms with Gasteiger partial charge in [0.15, 0.2) is 0 Å². The van der Waals surface area contributed by atoms with E-state index < -0.39 is 10.0 Å². The van der Waals surface area contributed by atoms with Crippen LogP contribution in [-0.2, 0) is 10.0 Å². The first kappa shape index (κ1) is 11.6. The Kier molecular flexibility index (Phi) is 3.10. The molecule has 0 fully saturated rings. The van der Waals surface area contributed by atoms with E-state index in [-0.39, 0.29) is 4.90 Å². The molecule has 0 radical (unpaired) electrons. The number of furan rings is 1. The smallest absolute Gasteiger partial charge is 0.282 e. The molecule has 0 aliphatic carbocycles. The van der Waals surface area contributed by atoms with Crippen molar-refractivity contribution in [1.29, 1.82) is 0 Å². The lowest BCUT2D eigenvalue weighted by Gasteiger charge is -1.98. The van der Waals surface area contributed by atoms with Gasteiger partial charge in [-0.05, 0) is 25.1 Å². The van der Waals surface area contributed by atoms with Crippen LogP contribution in [0.3, 0.4) is 0 Å². The largest absolute Gasteiger partial charge is 0.472 e. The van der Waals surface area contributed by atoms with Crippen molar-refractivity contribution >= 4 is 16.2 Å². The molecule has 0 atom stereocenters. The zero-order chi connectivity index (χ0) is 12.3. The van der Waals surface area contributed by atoms with Crippen LogP contribution in [0.15, 0.2) is 56.6 Å². The molecule has 2 aromatic rings. The summed E-state index contributed by atoms with van der Waals surface area (Å²) in [4.78, 5) is 0.183. The van der Waals surface area contributed by atoms with Crippen molar-refractivity contribution in [1.82, 2.24) is 0 Å². The summed E-state index contributed by atoms with van der Waals surface area (Å²) in [6.07, 6.45) is 4.15. The van der Waals surface area contributed by atoms with Crippen LogP contribution in [0.2, 0.25) is 0 Å². The van der Waals surface area contributed by atoms with Gasteiger partial charge in [0, 0.05) is 5.56 Å². The van der Waals surface area contributed by atoms with Crippen LogP contribution < -0.4 is 0 Å². The van der Waals surface area contributed by atoms with Crippen molar-refractivity contribution in [2.24, 2.45) is 4.40 Å². The van der Waals surface area contributed by atoms with Gasteiger partial charge in [-0.2, -0.15) is 12.8 Å². The molecule has 0 aliphatic heterocycles. The fraction of sp³-hybridized carbons (Fsp3) is 0.0833. The highest BCUT2D eigenvalue weighted by atomic mass is 32.2. The van der Waals surface area contributed by atoms with Gasteiger partial charge < -0.3 is 4.42 Å². The van der Waals surface area contributed by atoms with Gasteiger partial charge in [-0.3, -0.25) is 0 Å². The highest BCUT2D eigenvalue weighted by Gasteiger charge is 2.10. The number of hydrogen-bond donors (Lipinski definition) is 0. The van der Waals surface area contributed by atoms with Crippen molar-refractivity contribution in [3.63, 3.8) is 0 Å². The lowest BCUT2D eigenvalue weighted by molar-refractivity contribution is 0.567. The lowest BCUT2D eigenvalue weighted by Crippen LogP contribution is -1.97. The van der Waals surface area contributed by atoms with Crippen LogP contribution in [0.25, 0.3) is 0 Å². The van der Waals surface area contributed by atoms with Crippen LogP contribution in [0.4, 0.5) is 0 Å². The van der Waals surface area contributed by atoms with E-state index in [1.165, 1.54) is 30.9 Å². The third-order valence-electron chi connectivity index (χ3n) is 2.20. The summed E-state index contributed by atoms with van der Waals surface area (Å²) in [5.41, 5.74) is 1.61. The summed E-state index contributed by atoms with van der Waals surface area (Å²) in [6.45, 7) is 1.89. The van der Waals surface area contributed by atoms with Crippen LogP contribution in [-0.4, -0.2) is 14.6 Å². The summed E-state index contributed by atoms with van der Waals surface area (Å²) in [6, 6.07) is 8.18. The normalized spacial score (nSPS) is 12.1. The van der Waals surface area contributed by atoms with Crippen molar-refractivity contribution in [3.8, 4) is 0 Å². The third-order valence-corrected chi connectivity index (χ3v) is 3.45. The SMILES string of the molecule is Cc1ccc(S(=O)(=O)/N=C/c2ccoc2)cc1. The summed E-state index contributed by atoms with van der Waals surface area (Å²) in [7, 11) is -3.63. The Labute approximate surface area is 99.7 Å². The maximum absolute atomic E-state index is 11.8. The first-order valence-corrected chi connectivity index (χ1v) is 6.41. The Morgan fingerprint density at radius 1 is 1.18 bits per heavy atom. The number of benzene rings is 1. The van der Waals surface area contributed by atoms with E-state index in [9.17, 15) is 8.42 Å². The fourth-order valence-corrected chi connectivity index (χ4v) is 2.11. The number of rotatable bonds is 3. The van der Waals surface area contributed by atoms with Crippen LogP contribution in [0.5, 0.6) is 0 Å².